The van der Waals surface area contributed by atoms with Crippen LogP contribution in [0.15, 0.2) is 73.1 Å². The summed E-state index contributed by atoms with van der Waals surface area (Å²) in [7, 11) is 0. The van der Waals surface area contributed by atoms with E-state index in [4.69, 9.17) is 4.98 Å². The summed E-state index contributed by atoms with van der Waals surface area (Å²) in [5, 5.41) is 0. The molecule has 1 aliphatic carbocycles. The van der Waals surface area contributed by atoms with Gasteiger partial charge in [-0.3, -0.25) is 14.8 Å². The molecule has 0 radical (unpaired) electrons. The molecule has 4 nitrogen and oxygen atoms in total. The van der Waals surface area contributed by atoms with E-state index < -0.39 is 0 Å². The second-order valence-electron chi connectivity index (χ2n) is 9.07. The van der Waals surface area contributed by atoms with Crippen molar-refractivity contribution in [2.75, 3.05) is 0 Å². The van der Waals surface area contributed by atoms with Gasteiger partial charge in [0.1, 0.15) is 0 Å². The largest absolute Gasteiger partial charge is 0.358 e. The molecular weight excluding hydrogens is 382 g/mol. The smallest absolute Gasteiger partial charge is 0.165 e. The predicted octanol–water partition coefficient (Wildman–Crippen LogP) is 5.88. The number of carbonyl (C=O) groups is 1. The highest BCUT2D eigenvalue weighted by molar-refractivity contribution is 6.02. The fraction of sp³-hybridized carbons (Fsp3) is 0.222. The van der Waals surface area contributed by atoms with Crippen LogP contribution >= 0.6 is 0 Å². The zero-order valence-corrected chi connectivity index (χ0v) is 17.9. The van der Waals surface area contributed by atoms with E-state index >= 15 is 0 Å². The molecule has 0 amide bonds. The number of fused-ring (bicyclic) bond motifs is 1. The molecule has 154 valence electrons. The minimum absolute atomic E-state index is 0.0345. The Hall–Kier alpha value is -3.53. The SMILES string of the molecule is CC1(C)CC(=O)c2c([nH]c(-c3ccncc3)c2Cc2cccc(-c3ccccc3)n2)C1. The molecule has 3 heterocycles. The number of hydrogen-bond donors (Lipinski definition) is 1. The van der Waals surface area contributed by atoms with Crippen molar-refractivity contribution < 1.29 is 4.79 Å². The van der Waals surface area contributed by atoms with Crippen molar-refractivity contribution in [3.05, 3.63) is 95.6 Å². The van der Waals surface area contributed by atoms with Gasteiger partial charge < -0.3 is 4.98 Å². The van der Waals surface area contributed by atoms with Gasteiger partial charge in [-0.25, -0.2) is 0 Å². The maximum Gasteiger partial charge on any atom is 0.165 e. The summed E-state index contributed by atoms with van der Waals surface area (Å²) in [6.07, 6.45) is 5.62. The molecule has 0 saturated heterocycles. The fourth-order valence-electron chi connectivity index (χ4n) is 4.60. The third kappa shape index (κ3) is 3.81. The second kappa shape index (κ2) is 7.62. The third-order valence-electron chi connectivity index (χ3n) is 5.96. The Morgan fingerprint density at radius 1 is 0.903 bits per heavy atom. The maximum atomic E-state index is 13.2. The molecule has 0 atom stereocenters. The van der Waals surface area contributed by atoms with Crippen LogP contribution in [0.25, 0.3) is 22.5 Å². The molecule has 0 bridgehead atoms. The Balaban J connectivity index is 1.61. The predicted molar refractivity (Wildman–Crippen MR) is 123 cm³/mol. The standard InChI is InChI=1S/C27H25N3O/c1-27(2)16-23-25(24(31)17-27)21(26(30-23)19-11-13-28-14-12-19)15-20-9-6-10-22(29-20)18-7-4-3-5-8-18/h3-14,30H,15-17H2,1-2H3. The molecule has 5 rings (SSSR count). The van der Waals surface area contributed by atoms with Gasteiger partial charge in [0, 0.05) is 53.3 Å². The van der Waals surface area contributed by atoms with Gasteiger partial charge in [0.25, 0.3) is 0 Å². The van der Waals surface area contributed by atoms with Crippen molar-refractivity contribution >= 4 is 5.78 Å². The van der Waals surface area contributed by atoms with Crippen LogP contribution < -0.4 is 0 Å². The number of nitrogens with zero attached hydrogens (tertiary/aromatic N) is 2. The van der Waals surface area contributed by atoms with Gasteiger partial charge in [0.05, 0.1) is 11.4 Å². The van der Waals surface area contributed by atoms with Crippen LogP contribution in [0.5, 0.6) is 0 Å². The van der Waals surface area contributed by atoms with E-state index in [2.05, 4.69) is 35.9 Å². The lowest BCUT2D eigenvalue weighted by Crippen LogP contribution is -2.27. The van der Waals surface area contributed by atoms with Gasteiger partial charge in [-0.2, -0.15) is 0 Å². The van der Waals surface area contributed by atoms with Crippen LogP contribution in [0.1, 0.15) is 47.6 Å². The first kappa shape index (κ1) is 19.4. The number of carbonyl (C=O) groups excluding carboxylic acids is 1. The quantitative estimate of drug-likeness (QED) is 0.459. The van der Waals surface area contributed by atoms with Crippen molar-refractivity contribution in [2.24, 2.45) is 5.41 Å². The number of rotatable bonds is 4. The zero-order chi connectivity index (χ0) is 21.4. The summed E-state index contributed by atoms with van der Waals surface area (Å²) in [5.41, 5.74) is 7.95. The van der Waals surface area contributed by atoms with Crippen molar-refractivity contribution in [2.45, 2.75) is 33.1 Å². The molecule has 1 aromatic carbocycles. The Kier molecular flexibility index (Phi) is 4.78. The lowest BCUT2D eigenvalue weighted by Gasteiger charge is -2.28. The number of H-pyrrole nitrogens is 1. The summed E-state index contributed by atoms with van der Waals surface area (Å²) in [6, 6.07) is 20.3. The van der Waals surface area contributed by atoms with Crippen LogP contribution in [0, 0.1) is 5.41 Å². The molecule has 0 fully saturated rings. The van der Waals surface area contributed by atoms with Gasteiger partial charge in [0.2, 0.25) is 0 Å². The Morgan fingerprint density at radius 2 is 1.68 bits per heavy atom. The highest BCUT2D eigenvalue weighted by Crippen LogP contribution is 2.40. The highest BCUT2D eigenvalue weighted by atomic mass is 16.1. The summed E-state index contributed by atoms with van der Waals surface area (Å²) < 4.78 is 0. The molecule has 31 heavy (non-hydrogen) atoms. The minimum Gasteiger partial charge on any atom is -0.358 e. The van der Waals surface area contributed by atoms with Crippen LogP contribution in [-0.4, -0.2) is 20.7 Å². The number of benzene rings is 1. The zero-order valence-electron chi connectivity index (χ0n) is 17.9. The maximum absolute atomic E-state index is 13.2. The van der Waals surface area contributed by atoms with Gasteiger partial charge in [0.15, 0.2) is 5.78 Å². The van der Waals surface area contributed by atoms with Crippen LogP contribution in [0.3, 0.4) is 0 Å². The van der Waals surface area contributed by atoms with Gasteiger partial charge in [-0.05, 0) is 41.7 Å². The first-order valence-corrected chi connectivity index (χ1v) is 10.7. The summed E-state index contributed by atoms with van der Waals surface area (Å²) in [5.74, 6) is 0.219. The highest BCUT2D eigenvalue weighted by Gasteiger charge is 2.35. The van der Waals surface area contributed by atoms with Gasteiger partial charge >= 0.3 is 0 Å². The van der Waals surface area contributed by atoms with E-state index in [1.54, 1.807) is 12.4 Å². The van der Waals surface area contributed by atoms with E-state index in [1.165, 1.54) is 0 Å². The minimum atomic E-state index is -0.0345. The van der Waals surface area contributed by atoms with Crippen molar-refractivity contribution in [1.82, 2.24) is 15.0 Å². The van der Waals surface area contributed by atoms with Crippen molar-refractivity contribution in [3.63, 3.8) is 0 Å². The van der Waals surface area contributed by atoms with E-state index in [-0.39, 0.29) is 11.2 Å². The Morgan fingerprint density at radius 3 is 2.45 bits per heavy atom. The molecule has 0 saturated carbocycles. The number of aromatic amines is 1. The van der Waals surface area contributed by atoms with E-state index in [1.807, 2.05) is 48.5 Å². The fourth-order valence-corrected chi connectivity index (χ4v) is 4.60. The topological polar surface area (TPSA) is 58.6 Å². The third-order valence-corrected chi connectivity index (χ3v) is 5.96. The molecular formula is C27H25N3O. The summed E-state index contributed by atoms with van der Waals surface area (Å²) in [4.78, 5) is 25.9. The van der Waals surface area contributed by atoms with Crippen molar-refractivity contribution in [1.29, 1.82) is 0 Å². The molecule has 1 aliphatic rings. The number of aromatic nitrogens is 3. The van der Waals surface area contributed by atoms with Crippen LogP contribution in [0.4, 0.5) is 0 Å². The second-order valence-corrected chi connectivity index (χ2v) is 9.07. The van der Waals surface area contributed by atoms with E-state index in [0.717, 1.165) is 51.5 Å². The average Bonchev–Trinajstić information content (AvgIpc) is 3.12. The average molecular weight is 408 g/mol. The van der Waals surface area contributed by atoms with Gasteiger partial charge in [-0.15, -0.1) is 0 Å². The lowest BCUT2D eigenvalue weighted by atomic mass is 9.75. The Bertz CT molecular complexity index is 1240. The first-order valence-electron chi connectivity index (χ1n) is 10.7. The molecule has 4 heteroatoms. The van der Waals surface area contributed by atoms with E-state index in [0.29, 0.717) is 12.8 Å². The number of nitrogens with one attached hydrogen (secondary N) is 1. The monoisotopic (exact) mass is 407 g/mol. The first-order chi connectivity index (χ1) is 15.0. The van der Waals surface area contributed by atoms with Crippen molar-refractivity contribution in [3.8, 4) is 22.5 Å². The molecule has 4 aromatic rings. The molecule has 0 unspecified atom stereocenters. The summed E-state index contributed by atoms with van der Waals surface area (Å²) in [6.45, 7) is 4.32. The number of ketones is 1. The number of Topliss-reactive ketones (excluding diaryl/α,β-unsaturated/α-hetero) is 1. The van der Waals surface area contributed by atoms with Gasteiger partial charge in [-0.1, -0.05) is 50.2 Å². The normalized spacial score (nSPS) is 15.0. The summed E-state index contributed by atoms with van der Waals surface area (Å²) >= 11 is 0. The number of pyridine rings is 2. The molecule has 1 N–H and O–H groups in total. The molecule has 3 aromatic heterocycles. The van der Waals surface area contributed by atoms with Crippen LogP contribution in [0.2, 0.25) is 0 Å². The molecule has 0 aliphatic heterocycles. The lowest BCUT2D eigenvalue weighted by molar-refractivity contribution is 0.0911. The Labute approximate surface area is 182 Å². The van der Waals surface area contributed by atoms with E-state index in [9.17, 15) is 4.79 Å². The van der Waals surface area contributed by atoms with Crippen LogP contribution in [-0.2, 0) is 12.8 Å². The number of hydrogen-bond acceptors (Lipinski definition) is 3. The molecule has 0 spiro atoms.